The first-order valence-electron chi connectivity index (χ1n) is 6.32. The third-order valence-corrected chi connectivity index (χ3v) is 3.51. The van der Waals surface area contributed by atoms with Crippen molar-refractivity contribution in [2.24, 2.45) is 5.73 Å². The lowest BCUT2D eigenvalue weighted by Crippen LogP contribution is -2.21. The maximum atomic E-state index is 5.70. The maximum Gasteiger partial charge on any atom is 0.155 e. The molecule has 0 spiro atoms. The number of fused-ring (bicyclic) bond motifs is 1. The van der Waals surface area contributed by atoms with Crippen LogP contribution in [0.2, 0.25) is 0 Å². The van der Waals surface area contributed by atoms with Crippen molar-refractivity contribution in [1.29, 1.82) is 0 Å². The molecule has 3 rings (SSSR count). The van der Waals surface area contributed by atoms with Crippen LogP contribution in [0, 0.1) is 0 Å². The van der Waals surface area contributed by atoms with Crippen LogP contribution in [0.25, 0.3) is 0 Å². The summed E-state index contributed by atoms with van der Waals surface area (Å²) in [5.41, 5.74) is 8.40. The third-order valence-electron chi connectivity index (χ3n) is 3.51. The highest BCUT2D eigenvalue weighted by Crippen LogP contribution is 2.38. The summed E-state index contributed by atoms with van der Waals surface area (Å²) in [4.78, 5) is 2.34. The molecule has 1 aliphatic rings. The second-order valence-corrected chi connectivity index (χ2v) is 4.69. The van der Waals surface area contributed by atoms with E-state index in [1.807, 2.05) is 6.07 Å². The predicted octanol–water partition coefficient (Wildman–Crippen LogP) is 2.13. The van der Waals surface area contributed by atoms with Gasteiger partial charge in [-0.2, -0.15) is 0 Å². The number of anilines is 1. The summed E-state index contributed by atoms with van der Waals surface area (Å²) in [6, 6.07) is 10.5. The number of hydrogen-bond donors (Lipinski definition) is 1. The molecular weight excluding hydrogens is 226 g/mol. The average Bonchev–Trinajstić information content (AvgIpc) is 3.00. The van der Waals surface area contributed by atoms with Crippen molar-refractivity contribution in [2.75, 3.05) is 18.0 Å². The van der Waals surface area contributed by atoms with Gasteiger partial charge in [-0.15, -0.1) is 0 Å². The van der Waals surface area contributed by atoms with E-state index >= 15 is 0 Å². The van der Waals surface area contributed by atoms with E-state index in [4.69, 9.17) is 10.3 Å². The van der Waals surface area contributed by atoms with Gasteiger partial charge in [-0.1, -0.05) is 23.4 Å². The van der Waals surface area contributed by atoms with Crippen molar-refractivity contribution >= 4 is 5.69 Å². The first kappa shape index (κ1) is 11.3. The quantitative estimate of drug-likeness (QED) is 0.893. The molecule has 0 saturated heterocycles. The number of hydrogen-bond acceptors (Lipinski definition) is 4. The van der Waals surface area contributed by atoms with Crippen molar-refractivity contribution < 1.29 is 4.52 Å². The van der Waals surface area contributed by atoms with Crippen LogP contribution in [0.15, 0.2) is 41.1 Å². The average molecular weight is 243 g/mol. The lowest BCUT2D eigenvalue weighted by molar-refractivity contribution is 0.381. The van der Waals surface area contributed by atoms with Crippen LogP contribution in [-0.4, -0.2) is 18.2 Å². The summed E-state index contributed by atoms with van der Waals surface area (Å²) in [6.45, 7) is 2.52. The Bertz CT molecular complexity index is 510. The van der Waals surface area contributed by atoms with Gasteiger partial charge in [-0.05, 0) is 24.6 Å². The molecular formula is C14H17N3O. The Labute approximate surface area is 106 Å². The summed E-state index contributed by atoms with van der Waals surface area (Å²) < 4.78 is 5.19. The molecule has 0 fully saturated rings. The molecule has 4 heteroatoms. The van der Waals surface area contributed by atoms with Crippen LogP contribution in [0.3, 0.4) is 0 Å². The minimum absolute atomic E-state index is 0.536. The lowest BCUT2D eigenvalue weighted by Gasteiger charge is -2.17. The van der Waals surface area contributed by atoms with E-state index in [1.54, 1.807) is 6.20 Å². The van der Waals surface area contributed by atoms with Gasteiger partial charge in [-0.3, -0.25) is 0 Å². The van der Waals surface area contributed by atoms with Crippen molar-refractivity contribution in [3.63, 3.8) is 0 Å². The van der Waals surface area contributed by atoms with E-state index in [9.17, 15) is 0 Å². The molecule has 0 amide bonds. The zero-order valence-electron chi connectivity index (χ0n) is 10.2. The third kappa shape index (κ3) is 1.99. The van der Waals surface area contributed by atoms with Crippen molar-refractivity contribution in [1.82, 2.24) is 5.16 Å². The van der Waals surface area contributed by atoms with Gasteiger partial charge in [0.15, 0.2) is 5.76 Å². The molecule has 4 nitrogen and oxygen atoms in total. The van der Waals surface area contributed by atoms with Gasteiger partial charge in [0.05, 0.1) is 12.7 Å². The standard InChI is InChI=1S/C14H17N3O/c15-7-5-11-9-17(10-12-6-8-16-18-12)14-4-2-1-3-13(11)14/h1-4,6,8,11H,5,7,9-10,15H2. The largest absolute Gasteiger partial charge is 0.363 e. The zero-order chi connectivity index (χ0) is 12.4. The Morgan fingerprint density at radius 2 is 2.22 bits per heavy atom. The van der Waals surface area contributed by atoms with Gasteiger partial charge in [0, 0.05) is 24.2 Å². The molecule has 1 atom stereocenters. The van der Waals surface area contributed by atoms with E-state index in [1.165, 1.54) is 11.3 Å². The minimum atomic E-state index is 0.536. The smallest absolute Gasteiger partial charge is 0.155 e. The first-order chi connectivity index (χ1) is 8.88. The van der Waals surface area contributed by atoms with Crippen LogP contribution >= 0.6 is 0 Å². The molecule has 94 valence electrons. The molecule has 0 radical (unpaired) electrons. The van der Waals surface area contributed by atoms with E-state index < -0.39 is 0 Å². The highest BCUT2D eigenvalue weighted by atomic mass is 16.5. The zero-order valence-corrected chi connectivity index (χ0v) is 10.2. The molecule has 1 unspecified atom stereocenters. The van der Waals surface area contributed by atoms with Crippen LogP contribution in [-0.2, 0) is 6.54 Å². The molecule has 2 heterocycles. The summed E-state index contributed by atoms with van der Waals surface area (Å²) >= 11 is 0. The van der Waals surface area contributed by atoms with E-state index in [0.717, 1.165) is 31.8 Å². The van der Waals surface area contributed by atoms with Gasteiger partial charge in [0.25, 0.3) is 0 Å². The number of benzene rings is 1. The fraction of sp³-hybridized carbons (Fsp3) is 0.357. The van der Waals surface area contributed by atoms with Gasteiger partial charge >= 0.3 is 0 Å². The Kier molecular flexibility index (Phi) is 3.02. The van der Waals surface area contributed by atoms with E-state index in [0.29, 0.717) is 5.92 Å². The molecule has 1 aromatic carbocycles. The van der Waals surface area contributed by atoms with Gasteiger partial charge in [0.2, 0.25) is 0 Å². The monoisotopic (exact) mass is 243 g/mol. The topological polar surface area (TPSA) is 55.3 Å². The second kappa shape index (κ2) is 4.82. The minimum Gasteiger partial charge on any atom is -0.363 e. The number of nitrogens with zero attached hydrogens (tertiary/aromatic N) is 2. The second-order valence-electron chi connectivity index (χ2n) is 4.69. The van der Waals surface area contributed by atoms with Gasteiger partial charge in [0.1, 0.15) is 0 Å². The summed E-state index contributed by atoms with van der Waals surface area (Å²) in [5, 5.41) is 3.75. The fourth-order valence-corrected chi connectivity index (χ4v) is 2.69. The number of para-hydroxylation sites is 1. The normalized spacial score (nSPS) is 18.1. The molecule has 1 aromatic heterocycles. The number of aromatic nitrogens is 1. The molecule has 0 aliphatic carbocycles. The molecule has 0 bridgehead atoms. The number of nitrogens with two attached hydrogens (primary N) is 1. The van der Waals surface area contributed by atoms with Crippen LogP contribution < -0.4 is 10.6 Å². The highest BCUT2D eigenvalue weighted by Gasteiger charge is 2.27. The Balaban J connectivity index is 1.85. The predicted molar refractivity (Wildman–Crippen MR) is 70.4 cm³/mol. The van der Waals surface area contributed by atoms with E-state index in [-0.39, 0.29) is 0 Å². The maximum absolute atomic E-state index is 5.70. The summed E-state index contributed by atoms with van der Waals surface area (Å²) in [7, 11) is 0. The summed E-state index contributed by atoms with van der Waals surface area (Å²) in [6.07, 6.45) is 2.72. The van der Waals surface area contributed by atoms with Crippen molar-refractivity contribution in [3.05, 3.63) is 47.9 Å². The van der Waals surface area contributed by atoms with Crippen LogP contribution in [0.4, 0.5) is 5.69 Å². The van der Waals surface area contributed by atoms with Crippen LogP contribution in [0.1, 0.15) is 23.7 Å². The van der Waals surface area contributed by atoms with Crippen molar-refractivity contribution in [3.8, 4) is 0 Å². The SMILES string of the molecule is NCCC1CN(Cc2ccno2)c2ccccc21. The molecule has 0 saturated carbocycles. The fourth-order valence-electron chi connectivity index (χ4n) is 2.69. The van der Waals surface area contributed by atoms with Crippen LogP contribution in [0.5, 0.6) is 0 Å². The molecule has 2 aromatic rings. The lowest BCUT2D eigenvalue weighted by atomic mass is 9.98. The Morgan fingerprint density at radius 3 is 3.00 bits per heavy atom. The van der Waals surface area contributed by atoms with E-state index in [2.05, 4.69) is 34.3 Å². The number of rotatable bonds is 4. The van der Waals surface area contributed by atoms with Gasteiger partial charge in [-0.25, -0.2) is 0 Å². The Morgan fingerprint density at radius 1 is 1.33 bits per heavy atom. The van der Waals surface area contributed by atoms with Gasteiger partial charge < -0.3 is 15.2 Å². The summed E-state index contributed by atoms with van der Waals surface area (Å²) in [5.74, 6) is 1.44. The van der Waals surface area contributed by atoms with Crippen molar-refractivity contribution in [2.45, 2.75) is 18.9 Å². The molecule has 18 heavy (non-hydrogen) atoms. The molecule has 2 N–H and O–H groups in total. The first-order valence-corrected chi connectivity index (χ1v) is 6.32. The highest BCUT2D eigenvalue weighted by molar-refractivity contribution is 5.60. The Hall–Kier alpha value is -1.81. The molecule has 1 aliphatic heterocycles.